The van der Waals surface area contributed by atoms with Gasteiger partial charge in [0, 0.05) is 22.0 Å². The summed E-state index contributed by atoms with van der Waals surface area (Å²) in [7, 11) is 2.15. The highest BCUT2D eigenvalue weighted by atomic mass is 79.9. The second kappa shape index (κ2) is 8.75. The van der Waals surface area contributed by atoms with Crippen LogP contribution in [0.15, 0.2) is 59.6 Å². The van der Waals surface area contributed by atoms with Crippen LogP contribution in [0.25, 0.3) is 21.3 Å². The Labute approximate surface area is 162 Å². The quantitative estimate of drug-likeness (QED) is 0.323. The van der Waals surface area contributed by atoms with Crippen LogP contribution in [0.2, 0.25) is 0 Å². The molecule has 0 radical (unpaired) electrons. The van der Waals surface area contributed by atoms with Gasteiger partial charge in [0.2, 0.25) is 0 Å². The minimum absolute atomic E-state index is 0.964. The van der Waals surface area contributed by atoms with Crippen molar-refractivity contribution in [3.8, 4) is 11.3 Å². The Balaban J connectivity index is 1.65. The third kappa shape index (κ3) is 4.78. The molecule has 0 N–H and O–H groups in total. The number of fused-ring (bicyclic) bond motifs is 1. The zero-order valence-electron chi connectivity index (χ0n) is 14.5. The maximum atomic E-state index is 4.69. The largest absolute Gasteiger partial charge is 0.303 e. The minimum atomic E-state index is 0.964. The van der Waals surface area contributed by atoms with Crippen LogP contribution in [0, 0.1) is 0 Å². The maximum Gasteiger partial charge on any atom is 0.0919 e. The molecule has 0 bridgehead atoms. The molecule has 0 aliphatic carbocycles. The average molecular weight is 415 g/mol. The zero-order chi connectivity index (χ0) is 17.6. The number of benzene rings is 2. The number of hydrogen-bond donors (Lipinski definition) is 0. The van der Waals surface area contributed by atoms with E-state index < -0.39 is 0 Å². The smallest absolute Gasteiger partial charge is 0.0919 e. The van der Waals surface area contributed by atoms with E-state index in [-0.39, 0.29) is 0 Å². The summed E-state index contributed by atoms with van der Waals surface area (Å²) >= 11 is 5.09. The molecule has 2 nitrogen and oxygen atoms in total. The van der Waals surface area contributed by atoms with Crippen LogP contribution in [0.4, 0.5) is 0 Å². The van der Waals surface area contributed by atoms with Crippen molar-refractivity contribution < 1.29 is 0 Å². The molecule has 0 amide bonds. The SMILES string of the molecule is C=CCN(C)CCCCc1ccc2c(-c3ccc(Br)cc3)nsc2c1. The minimum Gasteiger partial charge on any atom is -0.303 e. The first-order valence-corrected chi connectivity index (χ1v) is 10.2. The number of nitrogens with zero attached hydrogens (tertiary/aromatic N) is 2. The average Bonchev–Trinajstić information content (AvgIpc) is 3.03. The summed E-state index contributed by atoms with van der Waals surface area (Å²) in [5.41, 5.74) is 3.67. The number of unbranched alkanes of at least 4 members (excludes halogenated alkanes) is 1. The third-order valence-corrected chi connectivity index (χ3v) is 5.69. The van der Waals surface area contributed by atoms with Crippen LogP contribution in [-0.4, -0.2) is 29.4 Å². The number of rotatable bonds is 8. The van der Waals surface area contributed by atoms with Crippen molar-refractivity contribution >= 4 is 37.5 Å². The van der Waals surface area contributed by atoms with Gasteiger partial charge in [-0.3, -0.25) is 0 Å². The highest BCUT2D eigenvalue weighted by molar-refractivity contribution is 9.10. The highest BCUT2D eigenvalue weighted by Gasteiger charge is 2.09. The number of hydrogen-bond acceptors (Lipinski definition) is 3. The van der Waals surface area contributed by atoms with Crippen LogP contribution in [0.5, 0.6) is 0 Å². The summed E-state index contributed by atoms with van der Waals surface area (Å²) < 4.78 is 7.06. The molecule has 1 heterocycles. The van der Waals surface area contributed by atoms with E-state index in [1.165, 1.54) is 34.1 Å². The number of halogens is 1. The number of aryl methyl sites for hydroxylation is 1. The van der Waals surface area contributed by atoms with Gasteiger partial charge in [-0.2, -0.15) is 4.37 Å². The Kier molecular flexibility index (Phi) is 6.40. The lowest BCUT2D eigenvalue weighted by atomic mass is 10.0. The van der Waals surface area contributed by atoms with Crippen molar-refractivity contribution in [2.45, 2.75) is 19.3 Å². The van der Waals surface area contributed by atoms with Gasteiger partial charge in [-0.05, 0) is 68.1 Å². The van der Waals surface area contributed by atoms with Gasteiger partial charge in [-0.15, -0.1) is 6.58 Å². The summed E-state index contributed by atoms with van der Waals surface area (Å²) in [5.74, 6) is 0. The molecule has 25 heavy (non-hydrogen) atoms. The van der Waals surface area contributed by atoms with Crippen molar-refractivity contribution in [2.24, 2.45) is 0 Å². The summed E-state index contributed by atoms with van der Waals surface area (Å²) in [6, 6.07) is 15.2. The van der Waals surface area contributed by atoms with Gasteiger partial charge < -0.3 is 4.90 Å². The van der Waals surface area contributed by atoms with Gasteiger partial charge >= 0.3 is 0 Å². The molecule has 0 spiro atoms. The van der Waals surface area contributed by atoms with Gasteiger partial charge in [0.25, 0.3) is 0 Å². The first kappa shape index (κ1) is 18.3. The fourth-order valence-corrected chi connectivity index (χ4v) is 4.10. The molecule has 0 saturated heterocycles. The van der Waals surface area contributed by atoms with Crippen LogP contribution in [0.1, 0.15) is 18.4 Å². The lowest BCUT2D eigenvalue weighted by Gasteiger charge is -2.13. The van der Waals surface area contributed by atoms with E-state index in [4.69, 9.17) is 0 Å². The Morgan fingerprint density at radius 1 is 1.16 bits per heavy atom. The first-order chi connectivity index (χ1) is 12.2. The maximum absolute atomic E-state index is 4.69. The van der Waals surface area contributed by atoms with Gasteiger partial charge in [0.15, 0.2) is 0 Å². The van der Waals surface area contributed by atoms with E-state index in [0.717, 1.165) is 29.7 Å². The lowest BCUT2D eigenvalue weighted by molar-refractivity contribution is 0.360. The van der Waals surface area contributed by atoms with E-state index in [2.05, 4.69) is 81.3 Å². The fraction of sp³-hybridized carbons (Fsp3) is 0.286. The molecule has 0 atom stereocenters. The van der Waals surface area contributed by atoms with Crippen LogP contribution >= 0.6 is 27.5 Å². The Hall–Kier alpha value is -1.49. The van der Waals surface area contributed by atoms with Gasteiger partial charge in [0.05, 0.1) is 10.4 Å². The van der Waals surface area contributed by atoms with Crippen molar-refractivity contribution in [3.63, 3.8) is 0 Å². The molecule has 4 heteroatoms. The third-order valence-electron chi connectivity index (χ3n) is 4.35. The van der Waals surface area contributed by atoms with E-state index in [0.29, 0.717) is 0 Å². The van der Waals surface area contributed by atoms with Crippen LogP contribution in [-0.2, 0) is 6.42 Å². The standard InChI is InChI=1S/C21H23BrN2S/c1-3-13-24(2)14-5-4-6-16-7-12-19-20(15-16)25-23-21(19)17-8-10-18(22)11-9-17/h3,7-12,15H,1,4-6,13-14H2,2H3. The van der Waals surface area contributed by atoms with E-state index >= 15 is 0 Å². The molecule has 0 aliphatic heterocycles. The van der Waals surface area contributed by atoms with Gasteiger partial charge in [0.1, 0.15) is 0 Å². The lowest BCUT2D eigenvalue weighted by Crippen LogP contribution is -2.19. The topological polar surface area (TPSA) is 16.1 Å². The second-order valence-corrected chi connectivity index (χ2v) is 8.10. The van der Waals surface area contributed by atoms with Crippen molar-refractivity contribution in [1.29, 1.82) is 0 Å². The molecule has 1 aromatic heterocycles. The number of aromatic nitrogens is 1. The van der Waals surface area contributed by atoms with E-state index in [1.807, 2.05) is 6.08 Å². The predicted molar refractivity (Wildman–Crippen MR) is 113 cm³/mol. The van der Waals surface area contributed by atoms with Crippen molar-refractivity contribution in [1.82, 2.24) is 9.27 Å². The normalized spacial score (nSPS) is 11.3. The number of likely N-dealkylation sites (N-methyl/N-ethyl adjacent to an activating group) is 1. The molecular weight excluding hydrogens is 392 g/mol. The summed E-state index contributed by atoms with van der Waals surface area (Å²) in [6.45, 7) is 5.88. The summed E-state index contributed by atoms with van der Waals surface area (Å²) in [4.78, 5) is 2.31. The predicted octanol–water partition coefficient (Wildman–Crippen LogP) is 6.17. The first-order valence-electron chi connectivity index (χ1n) is 8.61. The van der Waals surface area contributed by atoms with Gasteiger partial charge in [-0.25, -0.2) is 0 Å². The second-order valence-electron chi connectivity index (χ2n) is 6.38. The highest BCUT2D eigenvalue weighted by Crippen LogP contribution is 2.32. The van der Waals surface area contributed by atoms with E-state index in [1.54, 1.807) is 11.5 Å². The summed E-state index contributed by atoms with van der Waals surface area (Å²) in [6.07, 6.45) is 5.52. The molecule has 3 rings (SSSR count). The van der Waals surface area contributed by atoms with Gasteiger partial charge in [-0.1, -0.05) is 46.3 Å². The summed E-state index contributed by atoms with van der Waals surface area (Å²) in [5, 5.41) is 1.25. The Morgan fingerprint density at radius 3 is 2.72 bits per heavy atom. The van der Waals surface area contributed by atoms with Crippen molar-refractivity contribution in [2.75, 3.05) is 20.1 Å². The monoisotopic (exact) mass is 414 g/mol. The van der Waals surface area contributed by atoms with Crippen LogP contribution in [0.3, 0.4) is 0 Å². The Bertz CT molecular complexity index is 839. The molecule has 3 aromatic rings. The molecular formula is C21H23BrN2S. The fourth-order valence-electron chi connectivity index (χ4n) is 2.98. The van der Waals surface area contributed by atoms with Crippen LogP contribution < -0.4 is 0 Å². The molecule has 0 aliphatic rings. The van der Waals surface area contributed by atoms with Crippen molar-refractivity contribution in [3.05, 3.63) is 65.2 Å². The Morgan fingerprint density at radius 2 is 1.96 bits per heavy atom. The molecule has 0 unspecified atom stereocenters. The molecule has 2 aromatic carbocycles. The molecule has 130 valence electrons. The zero-order valence-corrected chi connectivity index (χ0v) is 16.9. The molecule has 0 fully saturated rings. The van der Waals surface area contributed by atoms with E-state index in [9.17, 15) is 0 Å². The molecule has 0 saturated carbocycles.